The molecule has 1 amide bonds. The number of nitrogens with zero attached hydrogens (tertiary/aromatic N) is 2. The van der Waals surface area contributed by atoms with Crippen LogP contribution in [0.2, 0.25) is 0 Å². The van der Waals surface area contributed by atoms with Gasteiger partial charge < -0.3 is 9.47 Å². The fourth-order valence-electron chi connectivity index (χ4n) is 2.06. The van der Waals surface area contributed by atoms with Gasteiger partial charge in [0.05, 0.1) is 24.9 Å². The lowest BCUT2D eigenvalue weighted by molar-refractivity contribution is -0.384. The fraction of sp³-hybridized carbons (Fsp3) is 0.222. The zero-order valence-electron chi connectivity index (χ0n) is 14.5. The Labute approximate surface area is 150 Å². The van der Waals surface area contributed by atoms with Crippen LogP contribution < -0.4 is 14.9 Å². The summed E-state index contributed by atoms with van der Waals surface area (Å²) in [5, 5.41) is 14.5. The minimum atomic E-state index is -0.527. The predicted molar refractivity (Wildman–Crippen MR) is 96.9 cm³/mol. The molecule has 2 rings (SSSR count). The smallest absolute Gasteiger partial charge is 0.271 e. The van der Waals surface area contributed by atoms with E-state index >= 15 is 0 Å². The molecule has 0 saturated carbocycles. The van der Waals surface area contributed by atoms with Crippen molar-refractivity contribution in [1.82, 2.24) is 5.43 Å². The van der Waals surface area contributed by atoms with Crippen LogP contribution >= 0.6 is 0 Å². The molecule has 0 aliphatic carbocycles. The maximum Gasteiger partial charge on any atom is 0.271 e. The molecular weight excluding hydrogens is 338 g/mol. The van der Waals surface area contributed by atoms with Gasteiger partial charge in [0.2, 0.25) is 0 Å². The number of nitro benzene ring substituents is 1. The SMILES string of the molecule is CCCOc1ccc(/C=N\NC(=O)c2ccc([N+](=O)[O-])cc2)cc1OC. The minimum Gasteiger partial charge on any atom is -0.493 e. The van der Waals surface area contributed by atoms with Crippen molar-refractivity contribution in [3.8, 4) is 11.5 Å². The number of amides is 1. The van der Waals surface area contributed by atoms with Crippen molar-refractivity contribution in [3.63, 3.8) is 0 Å². The number of benzene rings is 2. The maximum atomic E-state index is 12.0. The van der Waals surface area contributed by atoms with Crippen LogP contribution in [-0.2, 0) is 0 Å². The number of ether oxygens (including phenoxy) is 2. The van der Waals surface area contributed by atoms with Gasteiger partial charge in [0.25, 0.3) is 11.6 Å². The van der Waals surface area contributed by atoms with Gasteiger partial charge in [-0.2, -0.15) is 5.10 Å². The second-order valence-electron chi connectivity index (χ2n) is 5.26. The number of hydrogen-bond acceptors (Lipinski definition) is 6. The van der Waals surface area contributed by atoms with Crippen LogP contribution in [0.1, 0.15) is 29.3 Å². The highest BCUT2D eigenvalue weighted by molar-refractivity contribution is 5.95. The third-order valence-corrected chi connectivity index (χ3v) is 3.37. The first-order chi connectivity index (χ1) is 12.5. The molecule has 0 aliphatic rings. The lowest BCUT2D eigenvalue weighted by Crippen LogP contribution is -2.17. The number of carbonyl (C=O) groups is 1. The summed E-state index contributed by atoms with van der Waals surface area (Å²) in [4.78, 5) is 22.1. The molecule has 0 atom stereocenters. The zero-order valence-corrected chi connectivity index (χ0v) is 14.5. The number of rotatable bonds is 8. The molecular formula is C18H19N3O5. The molecule has 2 aromatic rings. The third kappa shape index (κ3) is 5.04. The van der Waals surface area contributed by atoms with Crippen molar-refractivity contribution in [2.24, 2.45) is 5.10 Å². The van der Waals surface area contributed by atoms with E-state index in [4.69, 9.17) is 9.47 Å². The molecule has 26 heavy (non-hydrogen) atoms. The van der Waals surface area contributed by atoms with Gasteiger partial charge in [-0.3, -0.25) is 14.9 Å². The second kappa shape index (κ2) is 9.16. The first-order valence-electron chi connectivity index (χ1n) is 7.94. The van der Waals surface area contributed by atoms with Gasteiger partial charge in [-0.15, -0.1) is 0 Å². The first kappa shape index (κ1) is 18.9. The van der Waals surface area contributed by atoms with Gasteiger partial charge in [-0.25, -0.2) is 5.43 Å². The molecule has 0 spiro atoms. The van der Waals surface area contributed by atoms with Crippen molar-refractivity contribution in [3.05, 3.63) is 63.7 Å². The summed E-state index contributed by atoms with van der Waals surface area (Å²) < 4.78 is 10.9. The van der Waals surface area contributed by atoms with Crippen LogP contribution in [-0.4, -0.2) is 30.8 Å². The summed E-state index contributed by atoms with van der Waals surface area (Å²) in [6.45, 7) is 2.61. The van der Waals surface area contributed by atoms with Crippen LogP contribution in [0.3, 0.4) is 0 Å². The second-order valence-corrected chi connectivity index (χ2v) is 5.26. The highest BCUT2D eigenvalue weighted by atomic mass is 16.6. The Hall–Kier alpha value is -3.42. The van der Waals surface area contributed by atoms with Crippen LogP contribution in [0.25, 0.3) is 0 Å². The molecule has 0 saturated heterocycles. The molecule has 0 radical (unpaired) electrons. The minimum absolute atomic E-state index is 0.0810. The van der Waals surface area contributed by atoms with Crippen LogP contribution in [0.15, 0.2) is 47.6 Å². The Balaban J connectivity index is 2.00. The molecule has 136 valence electrons. The van der Waals surface area contributed by atoms with Gasteiger partial charge in [-0.05, 0) is 42.3 Å². The Morgan fingerprint density at radius 3 is 2.58 bits per heavy atom. The number of nitrogens with one attached hydrogen (secondary N) is 1. The Morgan fingerprint density at radius 1 is 1.23 bits per heavy atom. The van der Waals surface area contributed by atoms with Crippen molar-refractivity contribution in [2.45, 2.75) is 13.3 Å². The molecule has 0 aliphatic heterocycles. The normalized spacial score (nSPS) is 10.5. The largest absolute Gasteiger partial charge is 0.493 e. The predicted octanol–water partition coefficient (Wildman–Crippen LogP) is 3.16. The molecule has 0 aromatic heterocycles. The van der Waals surface area contributed by atoms with E-state index in [0.717, 1.165) is 12.0 Å². The van der Waals surface area contributed by atoms with Crippen molar-refractivity contribution in [1.29, 1.82) is 0 Å². The van der Waals surface area contributed by atoms with E-state index in [2.05, 4.69) is 10.5 Å². The van der Waals surface area contributed by atoms with Gasteiger partial charge in [-0.1, -0.05) is 6.92 Å². The molecule has 8 heteroatoms. The maximum absolute atomic E-state index is 12.0. The van der Waals surface area contributed by atoms with E-state index < -0.39 is 10.8 Å². The van der Waals surface area contributed by atoms with Gasteiger partial charge in [0, 0.05) is 17.7 Å². The Bertz CT molecular complexity index is 803. The van der Waals surface area contributed by atoms with Crippen LogP contribution in [0.5, 0.6) is 11.5 Å². The number of methoxy groups -OCH3 is 1. The average Bonchev–Trinajstić information content (AvgIpc) is 2.66. The molecule has 0 heterocycles. The van der Waals surface area contributed by atoms with E-state index in [0.29, 0.717) is 18.1 Å². The molecule has 0 fully saturated rings. The zero-order chi connectivity index (χ0) is 18.9. The van der Waals surface area contributed by atoms with Crippen molar-refractivity contribution in [2.75, 3.05) is 13.7 Å². The van der Waals surface area contributed by atoms with Crippen molar-refractivity contribution >= 4 is 17.8 Å². The highest BCUT2D eigenvalue weighted by Gasteiger charge is 2.09. The van der Waals surface area contributed by atoms with E-state index in [1.54, 1.807) is 25.3 Å². The molecule has 8 nitrogen and oxygen atoms in total. The lowest BCUT2D eigenvalue weighted by Gasteiger charge is -2.10. The van der Waals surface area contributed by atoms with Gasteiger partial charge in [0.15, 0.2) is 11.5 Å². The van der Waals surface area contributed by atoms with Crippen LogP contribution in [0, 0.1) is 10.1 Å². The molecule has 1 N–H and O–H groups in total. The molecule has 0 bridgehead atoms. The standard InChI is InChI=1S/C18H19N3O5/c1-3-10-26-16-9-4-13(11-17(16)25-2)12-19-20-18(22)14-5-7-15(8-6-14)21(23)24/h4-9,11-12H,3,10H2,1-2H3,(H,20,22)/b19-12-. The number of hydrogen-bond donors (Lipinski definition) is 1. The van der Waals surface area contributed by atoms with E-state index in [-0.39, 0.29) is 11.3 Å². The third-order valence-electron chi connectivity index (χ3n) is 3.37. The van der Waals surface area contributed by atoms with Gasteiger partial charge >= 0.3 is 0 Å². The summed E-state index contributed by atoms with van der Waals surface area (Å²) in [5.41, 5.74) is 3.28. The summed E-state index contributed by atoms with van der Waals surface area (Å²) in [6, 6.07) is 10.6. The number of non-ortho nitro benzene ring substituents is 1. The number of nitro groups is 1. The summed E-state index contributed by atoms with van der Waals surface area (Å²) in [6.07, 6.45) is 2.36. The van der Waals surface area contributed by atoms with Crippen LogP contribution in [0.4, 0.5) is 5.69 Å². The lowest BCUT2D eigenvalue weighted by atomic mass is 10.2. The topological polar surface area (TPSA) is 103 Å². The Morgan fingerprint density at radius 2 is 1.96 bits per heavy atom. The highest BCUT2D eigenvalue weighted by Crippen LogP contribution is 2.27. The summed E-state index contributed by atoms with van der Waals surface area (Å²) >= 11 is 0. The fourth-order valence-corrected chi connectivity index (χ4v) is 2.06. The number of hydrazone groups is 1. The monoisotopic (exact) mass is 357 g/mol. The van der Waals surface area contributed by atoms with Crippen molar-refractivity contribution < 1.29 is 19.2 Å². The van der Waals surface area contributed by atoms with E-state index in [1.165, 1.54) is 30.5 Å². The summed E-state index contributed by atoms with van der Waals surface area (Å²) in [5.74, 6) is 0.747. The molecule has 2 aromatic carbocycles. The molecule has 0 unspecified atom stereocenters. The van der Waals surface area contributed by atoms with E-state index in [9.17, 15) is 14.9 Å². The first-order valence-corrected chi connectivity index (χ1v) is 7.94. The van der Waals surface area contributed by atoms with E-state index in [1.807, 2.05) is 6.92 Å². The Kier molecular flexibility index (Phi) is 6.67. The number of carbonyl (C=O) groups excluding carboxylic acids is 1. The summed E-state index contributed by atoms with van der Waals surface area (Å²) in [7, 11) is 1.55. The quantitative estimate of drug-likeness (QED) is 0.444. The average molecular weight is 357 g/mol. The van der Waals surface area contributed by atoms with Gasteiger partial charge in [0.1, 0.15) is 0 Å².